The summed E-state index contributed by atoms with van der Waals surface area (Å²) >= 11 is 0. The van der Waals surface area contributed by atoms with Gasteiger partial charge in [-0.3, -0.25) is 9.59 Å². The molecule has 0 heterocycles. The molecule has 2 saturated carbocycles. The number of unbranched alkanes of at least 4 members (excludes halogenated alkanes) is 1. The maximum Gasteiger partial charge on any atom is 0.220 e. The minimum absolute atomic E-state index is 0.0787. The van der Waals surface area contributed by atoms with E-state index in [0.29, 0.717) is 25.2 Å². The Labute approximate surface area is 191 Å². The van der Waals surface area contributed by atoms with Gasteiger partial charge in [-0.15, -0.1) is 0 Å². The fraction of sp³-hybridized carbons (Fsp3) is 0.556. The Morgan fingerprint density at radius 1 is 1.19 bits per heavy atom. The number of aliphatic hydroxyl groups excluding tert-OH is 2. The first-order valence-corrected chi connectivity index (χ1v) is 12.1. The van der Waals surface area contributed by atoms with Gasteiger partial charge in [-0.2, -0.15) is 0 Å². The van der Waals surface area contributed by atoms with Gasteiger partial charge in [-0.1, -0.05) is 54.6 Å². The summed E-state index contributed by atoms with van der Waals surface area (Å²) in [6, 6.07) is 10.0. The average molecular weight is 440 g/mol. The summed E-state index contributed by atoms with van der Waals surface area (Å²) in [5.74, 6) is 0.392. The number of rotatable bonds is 13. The van der Waals surface area contributed by atoms with Gasteiger partial charge in [-0.05, 0) is 56.4 Å². The van der Waals surface area contributed by atoms with E-state index in [0.717, 1.165) is 25.8 Å². The van der Waals surface area contributed by atoms with E-state index >= 15 is 0 Å². The molecule has 2 aliphatic rings. The van der Waals surface area contributed by atoms with E-state index < -0.39 is 12.2 Å². The number of ketones is 1. The Morgan fingerprint density at radius 3 is 2.72 bits per heavy atom. The van der Waals surface area contributed by atoms with Crippen LogP contribution in [0.3, 0.4) is 0 Å². The normalized spacial score (nSPS) is 24.4. The van der Waals surface area contributed by atoms with Crippen molar-refractivity contribution in [3.8, 4) is 0 Å². The number of aryl methyl sites for hydroxylation is 1. The summed E-state index contributed by atoms with van der Waals surface area (Å²) in [6.45, 7) is 0.816. The van der Waals surface area contributed by atoms with E-state index in [1.54, 1.807) is 6.08 Å². The molecule has 0 unspecified atom stereocenters. The summed E-state index contributed by atoms with van der Waals surface area (Å²) in [7, 11) is 0. The first kappa shape index (κ1) is 24.4. The van der Waals surface area contributed by atoms with Crippen LogP contribution < -0.4 is 5.32 Å². The van der Waals surface area contributed by atoms with Crippen molar-refractivity contribution in [1.29, 1.82) is 0 Å². The molecule has 0 saturated heterocycles. The molecule has 0 aromatic heterocycles. The Hall–Kier alpha value is -2.24. The van der Waals surface area contributed by atoms with Gasteiger partial charge in [0.05, 0.1) is 12.2 Å². The Bertz CT molecular complexity index is 784. The highest BCUT2D eigenvalue weighted by molar-refractivity contribution is 5.84. The van der Waals surface area contributed by atoms with E-state index in [2.05, 4.69) is 5.32 Å². The fourth-order valence-electron chi connectivity index (χ4n) is 4.25. The third-order valence-corrected chi connectivity index (χ3v) is 6.48. The predicted molar refractivity (Wildman–Crippen MR) is 126 cm³/mol. The van der Waals surface area contributed by atoms with Crippen molar-refractivity contribution < 1.29 is 19.8 Å². The second kappa shape index (κ2) is 12.7. The summed E-state index contributed by atoms with van der Waals surface area (Å²) in [6.07, 6.45) is 13.0. The summed E-state index contributed by atoms with van der Waals surface area (Å²) in [5, 5.41) is 23.6. The number of allylic oxidation sites excluding steroid dienone is 2. The topological polar surface area (TPSA) is 86.6 Å². The van der Waals surface area contributed by atoms with Crippen LogP contribution in [-0.2, 0) is 16.0 Å². The Balaban J connectivity index is 1.37. The Kier molecular flexibility index (Phi) is 9.69. The highest BCUT2D eigenvalue weighted by Crippen LogP contribution is 2.33. The molecule has 3 N–H and O–H groups in total. The zero-order chi connectivity index (χ0) is 22.8. The molecule has 2 fully saturated rings. The van der Waals surface area contributed by atoms with Crippen molar-refractivity contribution in [1.82, 2.24) is 5.32 Å². The van der Waals surface area contributed by atoms with Crippen molar-refractivity contribution in [2.24, 2.45) is 17.8 Å². The SMILES string of the molecule is O=C(CCC/C=C\C[C@H]1C(=O)C[C@@H](O)[C@@H]1/C=C/[C@@H](O)CCc1ccccc1)NCC1CC1. The number of aliphatic hydroxyl groups is 2. The largest absolute Gasteiger partial charge is 0.392 e. The minimum Gasteiger partial charge on any atom is -0.392 e. The molecule has 1 amide bonds. The van der Waals surface area contributed by atoms with E-state index in [9.17, 15) is 19.8 Å². The molecule has 5 nitrogen and oxygen atoms in total. The van der Waals surface area contributed by atoms with Crippen LogP contribution in [0.15, 0.2) is 54.6 Å². The van der Waals surface area contributed by atoms with E-state index in [4.69, 9.17) is 0 Å². The molecule has 1 aromatic rings. The number of amides is 1. The van der Waals surface area contributed by atoms with Crippen LogP contribution >= 0.6 is 0 Å². The minimum atomic E-state index is -0.686. The van der Waals surface area contributed by atoms with E-state index in [1.165, 1.54) is 18.4 Å². The monoisotopic (exact) mass is 439 g/mol. The van der Waals surface area contributed by atoms with Gasteiger partial charge in [0.25, 0.3) is 0 Å². The Morgan fingerprint density at radius 2 is 1.97 bits per heavy atom. The molecule has 0 aliphatic heterocycles. The zero-order valence-electron chi connectivity index (χ0n) is 18.9. The summed E-state index contributed by atoms with van der Waals surface area (Å²) < 4.78 is 0. The van der Waals surface area contributed by atoms with Crippen LogP contribution in [0.4, 0.5) is 0 Å². The molecular formula is C27H37NO4. The average Bonchev–Trinajstić information content (AvgIpc) is 3.58. The van der Waals surface area contributed by atoms with Crippen molar-refractivity contribution in [3.05, 3.63) is 60.2 Å². The van der Waals surface area contributed by atoms with Gasteiger partial charge in [0.15, 0.2) is 0 Å². The van der Waals surface area contributed by atoms with Gasteiger partial charge in [0.1, 0.15) is 5.78 Å². The maximum atomic E-state index is 12.3. The quantitative estimate of drug-likeness (QED) is 0.323. The molecule has 2 aliphatic carbocycles. The van der Waals surface area contributed by atoms with Crippen molar-refractivity contribution >= 4 is 11.7 Å². The van der Waals surface area contributed by atoms with Gasteiger partial charge in [0.2, 0.25) is 5.91 Å². The first-order valence-electron chi connectivity index (χ1n) is 12.1. The number of nitrogens with one attached hydrogen (secondary N) is 1. The van der Waals surface area contributed by atoms with Crippen LogP contribution in [0.2, 0.25) is 0 Å². The lowest BCUT2D eigenvalue weighted by Crippen LogP contribution is -2.24. The summed E-state index contributed by atoms with van der Waals surface area (Å²) in [5.41, 5.74) is 1.18. The molecule has 174 valence electrons. The molecule has 3 rings (SSSR count). The van der Waals surface area contributed by atoms with Crippen LogP contribution in [0.25, 0.3) is 0 Å². The number of benzene rings is 1. The smallest absolute Gasteiger partial charge is 0.220 e. The van der Waals surface area contributed by atoms with Crippen LogP contribution in [-0.4, -0.2) is 40.7 Å². The van der Waals surface area contributed by atoms with Crippen molar-refractivity contribution in [2.75, 3.05) is 6.54 Å². The predicted octanol–water partition coefficient (Wildman–Crippen LogP) is 3.75. The van der Waals surface area contributed by atoms with Crippen LogP contribution in [0.5, 0.6) is 0 Å². The number of carbonyl (C=O) groups is 2. The highest BCUT2D eigenvalue weighted by Gasteiger charge is 2.39. The van der Waals surface area contributed by atoms with E-state index in [1.807, 2.05) is 48.6 Å². The van der Waals surface area contributed by atoms with Gasteiger partial charge < -0.3 is 15.5 Å². The van der Waals surface area contributed by atoms with Crippen molar-refractivity contribution in [2.45, 2.75) is 70.0 Å². The molecule has 0 radical (unpaired) electrons. The standard InChI is InChI=1S/C27H37NO4/c29-22(15-14-20-8-4-3-5-9-20)16-17-24-23(25(30)18-26(24)31)10-6-1-2-7-11-27(32)28-19-21-12-13-21/h1,3-6,8-9,16-17,21-24,26,29,31H,2,7,10-15,18-19H2,(H,28,32)/b6-1-,17-16+/t22-,23+,24+,26+/m0/s1. The lowest BCUT2D eigenvalue weighted by Gasteiger charge is -2.16. The molecule has 4 atom stereocenters. The van der Waals surface area contributed by atoms with Gasteiger partial charge in [-0.25, -0.2) is 0 Å². The van der Waals surface area contributed by atoms with Gasteiger partial charge in [0, 0.05) is 31.2 Å². The molecule has 0 spiro atoms. The highest BCUT2D eigenvalue weighted by atomic mass is 16.3. The van der Waals surface area contributed by atoms with Crippen molar-refractivity contribution in [3.63, 3.8) is 0 Å². The number of carbonyl (C=O) groups excluding carboxylic acids is 2. The zero-order valence-corrected chi connectivity index (χ0v) is 18.9. The number of Topliss-reactive ketones (excluding diaryl/α,β-unsaturated/α-hetero) is 1. The lowest BCUT2D eigenvalue weighted by atomic mass is 9.90. The van der Waals surface area contributed by atoms with Crippen LogP contribution in [0.1, 0.15) is 56.9 Å². The van der Waals surface area contributed by atoms with Crippen LogP contribution in [0, 0.1) is 17.8 Å². The number of hydrogen-bond donors (Lipinski definition) is 3. The third kappa shape index (κ3) is 8.36. The molecule has 32 heavy (non-hydrogen) atoms. The third-order valence-electron chi connectivity index (χ3n) is 6.48. The van der Waals surface area contributed by atoms with E-state index in [-0.39, 0.29) is 29.9 Å². The second-order valence-electron chi connectivity index (χ2n) is 9.24. The second-order valence-corrected chi connectivity index (χ2v) is 9.24. The lowest BCUT2D eigenvalue weighted by molar-refractivity contribution is -0.121. The molecule has 1 aromatic carbocycles. The molecule has 0 bridgehead atoms. The maximum absolute atomic E-state index is 12.3. The molecule has 5 heteroatoms. The number of hydrogen-bond acceptors (Lipinski definition) is 4. The summed E-state index contributed by atoms with van der Waals surface area (Å²) in [4.78, 5) is 24.1. The first-order chi connectivity index (χ1) is 15.5. The fourth-order valence-corrected chi connectivity index (χ4v) is 4.25. The molecular weight excluding hydrogens is 402 g/mol. The van der Waals surface area contributed by atoms with Gasteiger partial charge >= 0.3 is 0 Å².